The lowest BCUT2D eigenvalue weighted by Crippen LogP contribution is -2.00. The van der Waals surface area contributed by atoms with Crippen LogP contribution in [0.4, 0.5) is 0 Å². The van der Waals surface area contributed by atoms with Crippen LogP contribution in [-0.4, -0.2) is 27.5 Å². The molecular formula is C17H16ClN3OS. The van der Waals surface area contributed by atoms with E-state index in [0.717, 1.165) is 17.1 Å². The summed E-state index contributed by atoms with van der Waals surface area (Å²) in [5.41, 5.74) is 2.25. The molecule has 4 nitrogen and oxygen atoms in total. The number of aromatic amines is 1. The van der Waals surface area contributed by atoms with E-state index in [2.05, 4.69) is 34.2 Å². The first-order valence-electron chi connectivity index (χ1n) is 7.22. The van der Waals surface area contributed by atoms with Gasteiger partial charge in [0.15, 0.2) is 5.82 Å². The Morgan fingerprint density at radius 1 is 1.13 bits per heavy atom. The second kappa shape index (κ2) is 7.53. The predicted octanol–water partition coefficient (Wildman–Crippen LogP) is 4.60. The molecule has 0 fully saturated rings. The van der Waals surface area contributed by atoms with Gasteiger partial charge in [0.05, 0.1) is 11.6 Å². The molecule has 118 valence electrons. The van der Waals surface area contributed by atoms with Crippen LogP contribution in [0.1, 0.15) is 5.56 Å². The van der Waals surface area contributed by atoms with Crippen LogP contribution in [0, 0.1) is 6.92 Å². The van der Waals surface area contributed by atoms with Crippen LogP contribution in [0.25, 0.3) is 11.4 Å². The van der Waals surface area contributed by atoms with Crippen molar-refractivity contribution in [3.8, 4) is 17.1 Å². The first-order chi connectivity index (χ1) is 11.2. The monoisotopic (exact) mass is 345 g/mol. The van der Waals surface area contributed by atoms with Crippen molar-refractivity contribution in [3.63, 3.8) is 0 Å². The van der Waals surface area contributed by atoms with Gasteiger partial charge < -0.3 is 4.74 Å². The molecule has 2 aromatic carbocycles. The summed E-state index contributed by atoms with van der Waals surface area (Å²) in [6, 6.07) is 15.6. The molecule has 6 heteroatoms. The lowest BCUT2D eigenvalue weighted by Gasteiger charge is -2.06. The smallest absolute Gasteiger partial charge is 0.208 e. The summed E-state index contributed by atoms with van der Waals surface area (Å²) in [7, 11) is 0. The normalized spacial score (nSPS) is 10.7. The number of thioether (sulfide) groups is 1. The van der Waals surface area contributed by atoms with Crippen LogP contribution < -0.4 is 4.74 Å². The molecule has 0 saturated heterocycles. The molecule has 3 rings (SSSR count). The van der Waals surface area contributed by atoms with Gasteiger partial charge in [-0.1, -0.05) is 65.3 Å². The molecule has 0 aliphatic heterocycles. The topological polar surface area (TPSA) is 50.8 Å². The van der Waals surface area contributed by atoms with Gasteiger partial charge in [-0.05, 0) is 19.1 Å². The van der Waals surface area contributed by atoms with E-state index in [1.807, 2.05) is 36.4 Å². The predicted molar refractivity (Wildman–Crippen MR) is 94.2 cm³/mol. The molecular weight excluding hydrogens is 330 g/mol. The van der Waals surface area contributed by atoms with E-state index >= 15 is 0 Å². The second-order valence-corrected chi connectivity index (χ2v) is 6.43. The maximum Gasteiger partial charge on any atom is 0.208 e. The van der Waals surface area contributed by atoms with Crippen LogP contribution in [0.15, 0.2) is 53.7 Å². The first-order valence-corrected chi connectivity index (χ1v) is 8.58. The highest BCUT2D eigenvalue weighted by molar-refractivity contribution is 7.99. The molecule has 0 amide bonds. The zero-order valence-electron chi connectivity index (χ0n) is 12.6. The average Bonchev–Trinajstić information content (AvgIpc) is 3.03. The van der Waals surface area contributed by atoms with Gasteiger partial charge in [0.1, 0.15) is 5.75 Å². The third-order valence-electron chi connectivity index (χ3n) is 3.20. The first kappa shape index (κ1) is 15.9. The van der Waals surface area contributed by atoms with E-state index in [-0.39, 0.29) is 0 Å². The fraction of sp³-hybridized carbons (Fsp3) is 0.176. The third-order valence-corrected chi connectivity index (χ3v) is 4.32. The second-order valence-electron chi connectivity index (χ2n) is 4.96. The number of para-hydroxylation sites is 1. The molecule has 23 heavy (non-hydrogen) atoms. The van der Waals surface area contributed by atoms with Gasteiger partial charge in [0, 0.05) is 11.3 Å². The molecule has 0 aliphatic carbocycles. The molecule has 0 radical (unpaired) electrons. The van der Waals surface area contributed by atoms with Crippen molar-refractivity contribution in [1.29, 1.82) is 0 Å². The summed E-state index contributed by atoms with van der Waals surface area (Å²) in [4.78, 5) is 4.49. The zero-order chi connectivity index (χ0) is 16.1. The molecule has 0 bridgehead atoms. The van der Waals surface area contributed by atoms with Crippen molar-refractivity contribution in [3.05, 3.63) is 59.1 Å². The van der Waals surface area contributed by atoms with Gasteiger partial charge >= 0.3 is 0 Å². The molecule has 0 aliphatic rings. The number of nitrogens with zero attached hydrogens (tertiary/aromatic N) is 2. The number of hydrogen-bond donors (Lipinski definition) is 1. The van der Waals surface area contributed by atoms with E-state index in [0.29, 0.717) is 22.5 Å². The number of rotatable bonds is 6. The van der Waals surface area contributed by atoms with Crippen molar-refractivity contribution >= 4 is 23.4 Å². The summed E-state index contributed by atoms with van der Waals surface area (Å²) < 4.78 is 5.64. The van der Waals surface area contributed by atoms with Crippen LogP contribution in [0.3, 0.4) is 0 Å². The molecule has 1 heterocycles. The van der Waals surface area contributed by atoms with Crippen molar-refractivity contribution in [2.45, 2.75) is 12.1 Å². The molecule has 3 aromatic rings. The Morgan fingerprint density at radius 2 is 1.91 bits per heavy atom. The van der Waals surface area contributed by atoms with Crippen molar-refractivity contribution < 1.29 is 4.74 Å². The molecule has 1 aromatic heterocycles. The minimum absolute atomic E-state index is 0.544. The molecule has 0 unspecified atom stereocenters. The van der Waals surface area contributed by atoms with Gasteiger partial charge in [-0.2, -0.15) is 0 Å². The maximum atomic E-state index is 6.04. The lowest BCUT2D eigenvalue weighted by molar-refractivity contribution is 0.344. The van der Waals surface area contributed by atoms with E-state index in [4.69, 9.17) is 16.3 Å². The number of aromatic nitrogens is 3. The van der Waals surface area contributed by atoms with Gasteiger partial charge in [0.2, 0.25) is 5.16 Å². The number of ether oxygens (including phenoxy) is 1. The zero-order valence-corrected chi connectivity index (χ0v) is 14.2. The van der Waals surface area contributed by atoms with Crippen molar-refractivity contribution in [2.75, 3.05) is 12.4 Å². The van der Waals surface area contributed by atoms with E-state index in [1.165, 1.54) is 5.56 Å². The molecule has 1 N–H and O–H groups in total. The Balaban J connectivity index is 1.52. The summed E-state index contributed by atoms with van der Waals surface area (Å²) >= 11 is 7.58. The maximum absolute atomic E-state index is 6.04. The van der Waals surface area contributed by atoms with Gasteiger partial charge in [-0.3, -0.25) is 5.10 Å². The summed E-state index contributed by atoms with van der Waals surface area (Å²) in [5, 5.41) is 8.52. The standard InChI is InChI=1S/C17H16ClN3OS/c1-12-6-8-13(9-7-12)16-19-17(21-20-16)23-11-10-22-15-5-3-2-4-14(15)18/h2-9H,10-11H2,1H3,(H,19,20,21). The largest absolute Gasteiger partial charge is 0.491 e. The van der Waals surface area contributed by atoms with Gasteiger partial charge in [-0.25, -0.2) is 4.98 Å². The Morgan fingerprint density at radius 3 is 2.70 bits per heavy atom. The number of aryl methyl sites for hydroxylation is 1. The van der Waals surface area contributed by atoms with E-state index < -0.39 is 0 Å². The number of nitrogens with one attached hydrogen (secondary N) is 1. The third kappa shape index (κ3) is 4.27. The summed E-state index contributed by atoms with van der Waals surface area (Å²) in [6.07, 6.45) is 0. The average molecular weight is 346 g/mol. The minimum atomic E-state index is 0.544. The van der Waals surface area contributed by atoms with Crippen molar-refractivity contribution in [2.24, 2.45) is 0 Å². The quantitative estimate of drug-likeness (QED) is 0.523. The van der Waals surface area contributed by atoms with Crippen LogP contribution in [0.2, 0.25) is 5.02 Å². The Hall–Kier alpha value is -1.98. The number of hydrogen-bond acceptors (Lipinski definition) is 4. The highest BCUT2D eigenvalue weighted by Gasteiger charge is 2.06. The number of H-pyrrole nitrogens is 1. The van der Waals surface area contributed by atoms with Gasteiger partial charge in [0.25, 0.3) is 0 Å². The highest BCUT2D eigenvalue weighted by atomic mass is 35.5. The number of benzene rings is 2. The fourth-order valence-corrected chi connectivity index (χ4v) is 2.80. The summed E-state index contributed by atoms with van der Waals surface area (Å²) in [6.45, 7) is 2.60. The molecule has 0 atom stereocenters. The highest BCUT2D eigenvalue weighted by Crippen LogP contribution is 2.24. The fourth-order valence-electron chi connectivity index (χ4n) is 2.00. The summed E-state index contributed by atoms with van der Waals surface area (Å²) in [5.74, 6) is 2.22. The number of halogens is 1. The van der Waals surface area contributed by atoms with E-state index in [9.17, 15) is 0 Å². The molecule has 0 spiro atoms. The van der Waals surface area contributed by atoms with Crippen LogP contribution in [0.5, 0.6) is 5.75 Å². The van der Waals surface area contributed by atoms with Crippen molar-refractivity contribution in [1.82, 2.24) is 15.2 Å². The molecule has 0 saturated carbocycles. The SMILES string of the molecule is Cc1ccc(-c2nc(SCCOc3ccccc3Cl)n[nH]2)cc1. The van der Waals surface area contributed by atoms with Crippen LogP contribution in [-0.2, 0) is 0 Å². The lowest BCUT2D eigenvalue weighted by atomic mass is 10.1. The van der Waals surface area contributed by atoms with Gasteiger partial charge in [-0.15, -0.1) is 5.10 Å². The Labute approximate surface area is 144 Å². The Kier molecular flexibility index (Phi) is 5.20. The van der Waals surface area contributed by atoms with Crippen LogP contribution >= 0.6 is 23.4 Å². The Bertz CT molecular complexity index is 774. The minimum Gasteiger partial charge on any atom is -0.491 e. The van der Waals surface area contributed by atoms with E-state index in [1.54, 1.807) is 11.8 Å².